The highest BCUT2D eigenvalue weighted by Gasteiger charge is 2.08. The minimum atomic E-state index is -0.268. The average Bonchev–Trinajstić information content (AvgIpc) is 2.88. The number of ether oxygens (including phenoxy) is 1. The maximum absolute atomic E-state index is 11.8. The first kappa shape index (κ1) is 14.4. The van der Waals surface area contributed by atoms with Crippen LogP contribution < -0.4 is 10.1 Å². The molecule has 1 N–H and O–H groups in total. The zero-order chi connectivity index (χ0) is 14.5. The zero-order valence-corrected chi connectivity index (χ0v) is 12.1. The Hall–Kier alpha value is -2.01. The highest BCUT2D eigenvalue weighted by Crippen LogP contribution is 2.20. The van der Waals surface area contributed by atoms with Gasteiger partial charge in [-0.3, -0.25) is 9.48 Å². The number of carbonyl (C=O) groups excluding carboxylic acids is 1. The van der Waals surface area contributed by atoms with E-state index in [0.29, 0.717) is 16.5 Å². The smallest absolute Gasteiger partial charge is 0.262 e. The van der Waals surface area contributed by atoms with Gasteiger partial charge in [0.05, 0.1) is 23.1 Å². The van der Waals surface area contributed by atoms with Gasteiger partial charge in [-0.25, -0.2) is 0 Å². The number of hydrogen-bond acceptors (Lipinski definition) is 3. The lowest BCUT2D eigenvalue weighted by atomic mass is 10.3. The van der Waals surface area contributed by atoms with Crippen LogP contribution >= 0.6 is 11.6 Å². The Morgan fingerprint density at radius 2 is 2.20 bits per heavy atom. The fourth-order valence-electron chi connectivity index (χ4n) is 1.58. The topological polar surface area (TPSA) is 56.1 Å². The van der Waals surface area contributed by atoms with Crippen molar-refractivity contribution in [1.82, 2.24) is 9.78 Å². The molecule has 0 bridgehead atoms. The first-order valence-corrected chi connectivity index (χ1v) is 6.65. The number of halogens is 1. The van der Waals surface area contributed by atoms with E-state index in [4.69, 9.17) is 16.3 Å². The first-order valence-electron chi connectivity index (χ1n) is 6.27. The number of carbonyl (C=O) groups is 1. The molecule has 2 rings (SSSR count). The summed E-state index contributed by atoms with van der Waals surface area (Å²) in [6.07, 6.45) is 3.34. The van der Waals surface area contributed by atoms with Gasteiger partial charge in [-0.05, 0) is 26.0 Å². The maximum atomic E-state index is 11.8. The van der Waals surface area contributed by atoms with E-state index in [1.54, 1.807) is 41.3 Å². The zero-order valence-electron chi connectivity index (χ0n) is 11.3. The van der Waals surface area contributed by atoms with Gasteiger partial charge < -0.3 is 10.1 Å². The van der Waals surface area contributed by atoms with Crippen LogP contribution in [0.5, 0.6) is 5.75 Å². The van der Waals surface area contributed by atoms with Crippen LogP contribution in [-0.2, 0) is 4.79 Å². The summed E-state index contributed by atoms with van der Waals surface area (Å²) in [5, 5.41) is 7.31. The first-order chi connectivity index (χ1) is 9.56. The van der Waals surface area contributed by atoms with E-state index in [1.807, 2.05) is 13.8 Å². The molecule has 5 nitrogen and oxygen atoms in total. The van der Waals surface area contributed by atoms with E-state index < -0.39 is 0 Å². The largest absolute Gasteiger partial charge is 0.480 e. The molecular weight excluding hydrogens is 278 g/mol. The molecule has 0 atom stereocenters. The monoisotopic (exact) mass is 293 g/mol. The fourth-order valence-corrected chi connectivity index (χ4v) is 1.76. The summed E-state index contributed by atoms with van der Waals surface area (Å²) in [5.74, 6) is 0.295. The van der Waals surface area contributed by atoms with Crippen LogP contribution in [0.25, 0.3) is 0 Å². The number of anilines is 1. The summed E-state index contributed by atoms with van der Waals surface area (Å²) in [5.41, 5.74) is 0.570. The predicted molar refractivity (Wildman–Crippen MR) is 78.2 cm³/mol. The second-order valence-corrected chi connectivity index (χ2v) is 4.97. The van der Waals surface area contributed by atoms with Gasteiger partial charge in [-0.1, -0.05) is 23.7 Å². The molecule has 0 aliphatic carbocycles. The highest BCUT2D eigenvalue weighted by atomic mass is 35.5. The maximum Gasteiger partial charge on any atom is 0.262 e. The van der Waals surface area contributed by atoms with Crippen LogP contribution in [0, 0.1) is 0 Å². The minimum Gasteiger partial charge on any atom is -0.480 e. The summed E-state index contributed by atoms with van der Waals surface area (Å²) in [6, 6.07) is 7.30. The Kier molecular flexibility index (Phi) is 4.63. The molecule has 1 heterocycles. The number of nitrogens with zero attached hydrogens (tertiary/aromatic N) is 2. The second kappa shape index (κ2) is 6.43. The van der Waals surface area contributed by atoms with E-state index in [2.05, 4.69) is 10.4 Å². The number of rotatable bonds is 5. The van der Waals surface area contributed by atoms with Crippen molar-refractivity contribution in [3.63, 3.8) is 0 Å². The summed E-state index contributed by atoms with van der Waals surface area (Å²) in [7, 11) is 0. The molecule has 0 saturated heterocycles. The quantitative estimate of drug-likeness (QED) is 0.921. The van der Waals surface area contributed by atoms with Crippen LogP contribution in [0.4, 0.5) is 5.69 Å². The number of nitrogens with one attached hydrogen (secondary N) is 1. The van der Waals surface area contributed by atoms with Crippen LogP contribution in [0.3, 0.4) is 0 Å². The van der Waals surface area contributed by atoms with Crippen molar-refractivity contribution in [3.05, 3.63) is 41.7 Å². The Morgan fingerprint density at radius 1 is 1.45 bits per heavy atom. The summed E-state index contributed by atoms with van der Waals surface area (Å²) in [4.78, 5) is 11.8. The molecule has 0 spiro atoms. The van der Waals surface area contributed by atoms with Crippen molar-refractivity contribution in [2.45, 2.75) is 19.9 Å². The van der Waals surface area contributed by atoms with Gasteiger partial charge in [0.15, 0.2) is 12.4 Å². The number of amides is 1. The Labute approximate surface area is 122 Å². The molecule has 0 unspecified atom stereocenters. The molecule has 6 heteroatoms. The molecule has 0 saturated carbocycles. The molecule has 2 aromatic rings. The van der Waals surface area contributed by atoms with Gasteiger partial charge in [0.1, 0.15) is 0 Å². The molecule has 0 radical (unpaired) electrons. The van der Waals surface area contributed by atoms with Crippen molar-refractivity contribution in [2.75, 3.05) is 11.9 Å². The Bertz CT molecular complexity index is 596. The Balaban J connectivity index is 1.87. The fraction of sp³-hybridized carbons (Fsp3) is 0.286. The van der Waals surface area contributed by atoms with Crippen molar-refractivity contribution in [1.29, 1.82) is 0 Å². The van der Waals surface area contributed by atoms with E-state index in [-0.39, 0.29) is 18.6 Å². The van der Waals surface area contributed by atoms with Gasteiger partial charge in [0.25, 0.3) is 5.91 Å². The summed E-state index contributed by atoms with van der Waals surface area (Å²) < 4.78 is 7.14. The standard InChI is InChI=1S/C14H16ClN3O2/c1-10(2)18-8-11(7-16-18)20-9-14(19)17-13-6-4-3-5-12(13)15/h3-8,10H,9H2,1-2H3,(H,17,19). The van der Waals surface area contributed by atoms with E-state index in [9.17, 15) is 4.79 Å². The molecule has 1 amide bonds. The molecule has 106 valence electrons. The molecule has 0 aliphatic heterocycles. The molecule has 20 heavy (non-hydrogen) atoms. The lowest BCUT2D eigenvalue weighted by molar-refractivity contribution is -0.118. The Morgan fingerprint density at radius 3 is 2.85 bits per heavy atom. The van der Waals surface area contributed by atoms with Crippen LogP contribution in [-0.4, -0.2) is 22.3 Å². The van der Waals surface area contributed by atoms with Gasteiger partial charge >= 0.3 is 0 Å². The lowest BCUT2D eigenvalue weighted by Crippen LogP contribution is -2.20. The lowest BCUT2D eigenvalue weighted by Gasteiger charge is -2.07. The van der Waals surface area contributed by atoms with Gasteiger partial charge in [0.2, 0.25) is 0 Å². The highest BCUT2D eigenvalue weighted by molar-refractivity contribution is 6.33. The van der Waals surface area contributed by atoms with Crippen molar-refractivity contribution in [3.8, 4) is 5.75 Å². The third-order valence-electron chi connectivity index (χ3n) is 2.62. The van der Waals surface area contributed by atoms with Crippen LogP contribution in [0.1, 0.15) is 19.9 Å². The normalized spacial score (nSPS) is 10.6. The van der Waals surface area contributed by atoms with Crippen LogP contribution in [0.2, 0.25) is 5.02 Å². The number of para-hydroxylation sites is 1. The van der Waals surface area contributed by atoms with Crippen molar-refractivity contribution < 1.29 is 9.53 Å². The number of benzene rings is 1. The molecule has 0 aliphatic rings. The van der Waals surface area contributed by atoms with E-state index in [0.717, 1.165) is 0 Å². The van der Waals surface area contributed by atoms with E-state index in [1.165, 1.54) is 0 Å². The minimum absolute atomic E-state index is 0.0883. The molecule has 1 aromatic heterocycles. The third kappa shape index (κ3) is 3.74. The molecule has 1 aromatic carbocycles. The van der Waals surface area contributed by atoms with Gasteiger partial charge in [-0.2, -0.15) is 5.10 Å². The SMILES string of the molecule is CC(C)n1cc(OCC(=O)Nc2ccccc2Cl)cn1. The molecule has 0 fully saturated rings. The predicted octanol–water partition coefficient (Wildman–Crippen LogP) is 3.13. The average molecular weight is 294 g/mol. The summed E-state index contributed by atoms with van der Waals surface area (Å²) in [6.45, 7) is 3.94. The van der Waals surface area contributed by atoms with Crippen LogP contribution in [0.15, 0.2) is 36.7 Å². The third-order valence-corrected chi connectivity index (χ3v) is 2.95. The van der Waals surface area contributed by atoms with Crippen molar-refractivity contribution >= 4 is 23.2 Å². The number of aromatic nitrogens is 2. The number of hydrogen-bond donors (Lipinski definition) is 1. The van der Waals surface area contributed by atoms with Gasteiger partial charge in [-0.15, -0.1) is 0 Å². The van der Waals surface area contributed by atoms with Gasteiger partial charge in [0, 0.05) is 6.04 Å². The molecular formula is C14H16ClN3O2. The second-order valence-electron chi connectivity index (χ2n) is 4.57. The summed E-state index contributed by atoms with van der Waals surface area (Å²) >= 11 is 5.95. The van der Waals surface area contributed by atoms with E-state index >= 15 is 0 Å². The van der Waals surface area contributed by atoms with Crippen molar-refractivity contribution in [2.24, 2.45) is 0 Å².